The topological polar surface area (TPSA) is 54.3 Å². The summed E-state index contributed by atoms with van der Waals surface area (Å²) < 4.78 is 5.99. The van der Waals surface area contributed by atoms with Crippen molar-refractivity contribution in [2.45, 2.75) is 31.8 Å². The summed E-state index contributed by atoms with van der Waals surface area (Å²) in [6.07, 6.45) is 3.98. The molecule has 2 N–H and O–H groups in total. The molecular formula is C20H16Cl2N2O2S. The number of hydrogen-bond donors (Lipinski definition) is 2. The Morgan fingerprint density at radius 3 is 2.81 bits per heavy atom. The van der Waals surface area contributed by atoms with Crippen molar-refractivity contribution in [3.05, 3.63) is 62.1 Å². The largest absolute Gasteiger partial charge is 0.457 e. The van der Waals surface area contributed by atoms with Gasteiger partial charge in [0.1, 0.15) is 16.5 Å². The Labute approximate surface area is 170 Å². The van der Waals surface area contributed by atoms with E-state index in [1.165, 1.54) is 16.9 Å². The predicted octanol–water partition coefficient (Wildman–Crippen LogP) is 6.05. The molecule has 0 bridgehead atoms. The highest BCUT2D eigenvalue weighted by Crippen LogP contribution is 2.42. The van der Waals surface area contributed by atoms with Crippen LogP contribution in [0.25, 0.3) is 11.3 Å². The summed E-state index contributed by atoms with van der Waals surface area (Å²) in [5.74, 6) is 1.21. The van der Waals surface area contributed by atoms with Crippen molar-refractivity contribution in [1.29, 1.82) is 0 Å². The number of anilines is 1. The van der Waals surface area contributed by atoms with Gasteiger partial charge in [-0.15, -0.1) is 11.3 Å². The summed E-state index contributed by atoms with van der Waals surface area (Å²) in [5, 5.41) is 8.31. The maximum Gasteiger partial charge on any atom is 0.256 e. The van der Waals surface area contributed by atoms with Gasteiger partial charge >= 0.3 is 0 Å². The minimum absolute atomic E-state index is 0.0353. The van der Waals surface area contributed by atoms with Crippen LogP contribution >= 0.6 is 34.5 Å². The molecule has 5 rings (SSSR count). The number of thiophene rings is 1. The molecule has 0 saturated heterocycles. The second kappa shape index (κ2) is 6.59. The van der Waals surface area contributed by atoms with Gasteiger partial charge in [0, 0.05) is 10.4 Å². The second-order valence-electron chi connectivity index (χ2n) is 6.77. The van der Waals surface area contributed by atoms with Crippen LogP contribution < -0.4 is 10.6 Å². The van der Waals surface area contributed by atoms with Crippen molar-refractivity contribution in [3.8, 4) is 11.3 Å². The van der Waals surface area contributed by atoms with Crippen LogP contribution in [0.3, 0.4) is 0 Å². The van der Waals surface area contributed by atoms with Crippen LogP contribution in [0, 0.1) is 0 Å². The first-order chi connectivity index (χ1) is 13.1. The highest BCUT2D eigenvalue weighted by atomic mass is 35.5. The zero-order valence-corrected chi connectivity index (χ0v) is 16.6. The first-order valence-electron chi connectivity index (χ1n) is 8.88. The fourth-order valence-electron chi connectivity index (χ4n) is 3.77. The zero-order valence-electron chi connectivity index (χ0n) is 14.3. The molecule has 138 valence electrons. The molecule has 2 aliphatic rings. The molecular weight excluding hydrogens is 403 g/mol. The highest BCUT2D eigenvalue weighted by molar-refractivity contribution is 7.16. The molecule has 3 aromatic rings. The van der Waals surface area contributed by atoms with Crippen molar-refractivity contribution < 1.29 is 9.21 Å². The number of carbonyl (C=O) groups is 1. The van der Waals surface area contributed by atoms with Crippen molar-refractivity contribution in [2.24, 2.45) is 0 Å². The molecule has 2 aromatic heterocycles. The lowest BCUT2D eigenvalue weighted by molar-refractivity contribution is 0.0930. The Kier molecular flexibility index (Phi) is 4.19. The number of benzene rings is 1. The molecule has 1 aliphatic heterocycles. The summed E-state index contributed by atoms with van der Waals surface area (Å²) >= 11 is 14.1. The minimum atomic E-state index is -0.406. The van der Waals surface area contributed by atoms with Crippen molar-refractivity contribution in [1.82, 2.24) is 5.32 Å². The third-order valence-electron chi connectivity index (χ3n) is 5.08. The second-order valence-corrected chi connectivity index (χ2v) is 8.66. The van der Waals surface area contributed by atoms with Crippen LogP contribution in [0.2, 0.25) is 10.0 Å². The van der Waals surface area contributed by atoms with E-state index in [2.05, 4.69) is 10.6 Å². The van der Waals surface area contributed by atoms with E-state index in [-0.39, 0.29) is 5.91 Å². The van der Waals surface area contributed by atoms with E-state index in [4.69, 9.17) is 27.6 Å². The summed E-state index contributed by atoms with van der Waals surface area (Å²) in [7, 11) is 0. The Morgan fingerprint density at radius 2 is 1.93 bits per heavy atom. The molecule has 1 aliphatic carbocycles. The Morgan fingerprint density at radius 1 is 1.07 bits per heavy atom. The highest BCUT2D eigenvalue weighted by Gasteiger charge is 2.33. The van der Waals surface area contributed by atoms with Gasteiger partial charge in [0.05, 0.1) is 15.6 Å². The quantitative estimate of drug-likeness (QED) is 0.532. The molecule has 1 unspecified atom stereocenters. The third-order valence-corrected chi connectivity index (χ3v) is 7.12. The SMILES string of the molecule is O=C1NC(c2ccc(-c3cccc(Cl)c3Cl)o2)Nc2sc3c(c21)CCCC3. The van der Waals surface area contributed by atoms with Gasteiger partial charge in [-0.25, -0.2) is 0 Å². The number of rotatable bonds is 2. The van der Waals surface area contributed by atoms with Crippen molar-refractivity contribution in [2.75, 3.05) is 5.32 Å². The average molecular weight is 419 g/mol. The summed E-state index contributed by atoms with van der Waals surface area (Å²) in [4.78, 5) is 14.1. The van der Waals surface area contributed by atoms with E-state index >= 15 is 0 Å². The first-order valence-corrected chi connectivity index (χ1v) is 10.4. The molecule has 4 nitrogen and oxygen atoms in total. The fourth-order valence-corrected chi connectivity index (χ4v) is 5.48. The lowest BCUT2D eigenvalue weighted by Crippen LogP contribution is -2.38. The first kappa shape index (κ1) is 17.2. The number of hydrogen-bond acceptors (Lipinski definition) is 4. The lowest BCUT2D eigenvalue weighted by atomic mass is 9.94. The van der Waals surface area contributed by atoms with Crippen LogP contribution in [-0.4, -0.2) is 5.91 Å². The summed E-state index contributed by atoms with van der Waals surface area (Å²) in [5.41, 5.74) is 2.76. The van der Waals surface area contributed by atoms with Gasteiger partial charge in [-0.1, -0.05) is 29.3 Å². The molecule has 1 aromatic carbocycles. The van der Waals surface area contributed by atoms with Crippen LogP contribution in [0.5, 0.6) is 0 Å². The normalized spacial score (nSPS) is 18.4. The molecule has 3 heterocycles. The molecule has 7 heteroatoms. The van der Waals surface area contributed by atoms with Gasteiger partial charge in [-0.3, -0.25) is 4.79 Å². The van der Waals surface area contributed by atoms with Crippen molar-refractivity contribution in [3.63, 3.8) is 0 Å². The standard InChI is InChI=1S/C20H16Cl2N2O2S/c21-12-6-3-5-10(17(12)22)13-8-9-14(26-13)18-23-19(25)16-11-4-1-2-7-15(11)27-20(16)24-18/h3,5-6,8-9,18,24H,1-2,4,7H2,(H,23,25). The van der Waals surface area contributed by atoms with Crippen LogP contribution in [0.15, 0.2) is 34.7 Å². The van der Waals surface area contributed by atoms with Gasteiger partial charge in [0.2, 0.25) is 0 Å². The Bertz CT molecular complexity index is 1060. The number of carbonyl (C=O) groups excluding carboxylic acids is 1. The minimum Gasteiger partial charge on any atom is -0.457 e. The van der Waals surface area contributed by atoms with E-state index < -0.39 is 6.17 Å². The molecule has 1 amide bonds. The van der Waals surface area contributed by atoms with Crippen LogP contribution in [0.1, 0.15) is 45.6 Å². The van der Waals surface area contributed by atoms with Gasteiger partial charge in [0.25, 0.3) is 5.91 Å². The van der Waals surface area contributed by atoms with E-state index in [0.717, 1.165) is 35.4 Å². The maximum atomic E-state index is 12.8. The maximum absolute atomic E-state index is 12.8. The third kappa shape index (κ3) is 2.85. The Balaban J connectivity index is 1.47. The molecule has 1 atom stereocenters. The average Bonchev–Trinajstić information content (AvgIpc) is 3.28. The lowest BCUT2D eigenvalue weighted by Gasteiger charge is -2.25. The number of amides is 1. The van der Waals surface area contributed by atoms with E-state index in [9.17, 15) is 4.79 Å². The van der Waals surface area contributed by atoms with Gasteiger partial charge < -0.3 is 15.1 Å². The van der Waals surface area contributed by atoms with Crippen LogP contribution in [-0.2, 0) is 12.8 Å². The smallest absolute Gasteiger partial charge is 0.256 e. The van der Waals surface area contributed by atoms with Gasteiger partial charge in [0.15, 0.2) is 6.17 Å². The van der Waals surface area contributed by atoms with E-state index in [1.807, 2.05) is 24.3 Å². The van der Waals surface area contributed by atoms with E-state index in [1.54, 1.807) is 17.4 Å². The number of nitrogens with one attached hydrogen (secondary N) is 2. The molecule has 0 fully saturated rings. The predicted molar refractivity (Wildman–Crippen MR) is 109 cm³/mol. The number of fused-ring (bicyclic) bond motifs is 3. The Hall–Kier alpha value is -1.95. The number of furan rings is 1. The van der Waals surface area contributed by atoms with Gasteiger partial charge in [-0.2, -0.15) is 0 Å². The van der Waals surface area contributed by atoms with E-state index in [0.29, 0.717) is 21.6 Å². The fraction of sp³-hybridized carbons (Fsp3) is 0.250. The molecule has 0 saturated carbocycles. The molecule has 0 spiro atoms. The molecule has 0 radical (unpaired) electrons. The van der Waals surface area contributed by atoms with Crippen LogP contribution in [0.4, 0.5) is 5.00 Å². The van der Waals surface area contributed by atoms with Crippen molar-refractivity contribution >= 4 is 45.4 Å². The summed E-state index contributed by atoms with van der Waals surface area (Å²) in [6.45, 7) is 0. The summed E-state index contributed by atoms with van der Waals surface area (Å²) in [6, 6.07) is 9.11. The number of halogens is 2. The molecule has 27 heavy (non-hydrogen) atoms. The monoisotopic (exact) mass is 418 g/mol. The van der Waals surface area contributed by atoms with Gasteiger partial charge in [-0.05, 0) is 55.5 Å². The zero-order chi connectivity index (χ0) is 18.5. The number of aryl methyl sites for hydroxylation is 1.